The molecule has 2 N–H and O–H groups in total. The maximum Gasteiger partial charge on any atom is 0.191 e. The molecule has 2 heterocycles. The lowest BCUT2D eigenvalue weighted by Gasteiger charge is -2.16. The fraction of sp³-hybridized carbons (Fsp3) is 0.368. The van der Waals surface area contributed by atoms with Gasteiger partial charge in [-0.15, -0.1) is 35.3 Å². The predicted octanol–water partition coefficient (Wildman–Crippen LogP) is 4.67. The van der Waals surface area contributed by atoms with Crippen molar-refractivity contribution in [2.75, 3.05) is 13.1 Å². The topological polar surface area (TPSA) is 62.5 Å². The van der Waals surface area contributed by atoms with Gasteiger partial charge in [0.15, 0.2) is 5.96 Å². The van der Waals surface area contributed by atoms with E-state index < -0.39 is 0 Å². The summed E-state index contributed by atoms with van der Waals surface area (Å²) in [5, 5.41) is 8.95. The van der Waals surface area contributed by atoms with E-state index in [1.165, 1.54) is 4.88 Å². The molecule has 3 rings (SSSR count). The minimum absolute atomic E-state index is 0. The number of furan rings is 1. The first-order chi connectivity index (χ1) is 12.2. The summed E-state index contributed by atoms with van der Waals surface area (Å²) in [6, 6.07) is 10.2. The number of rotatable bonds is 6. The van der Waals surface area contributed by atoms with Gasteiger partial charge >= 0.3 is 0 Å². The normalized spacial score (nSPS) is 12.7. The van der Waals surface area contributed by atoms with Crippen molar-refractivity contribution in [3.8, 4) is 0 Å². The van der Waals surface area contributed by atoms with Crippen molar-refractivity contribution >= 4 is 52.2 Å². The van der Waals surface area contributed by atoms with Crippen LogP contribution in [0, 0.1) is 6.92 Å². The first-order valence-electron chi connectivity index (χ1n) is 8.60. The number of hydrogen-bond acceptors (Lipinski definition) is 4. The second kappa shape index (κ2) is 9.91. The van der Waals surface area contributed by atoms with E-state index in [0.29, 0.717) is 6.54 Å². The Balaban J connectivity index is 0.00000243. The fourth-order valence-corrected chi connectivity index (χ4v) is 3.37. The first kappa shape index (κ1) is 20.7. The Bertz CT molecular complexity index is 825. The summed E-state index contributed by atoms with van der Waals surface area (Å²) in [4.78, 5) is 10.3. The highest BCUT2D eigenvalue weighted by molar-refractivity contribution is 14.0. The molecule has 5 nitrogen and oxygen atoms in total. The van der Waals surface area contributed by atoms with E-state index in [4.69, 9.17) is 4.42 Å². The number of thiazole rings is 1. The second-order valence-corrected chi connectivity index (χ2v) is 7.25. The molecule has 1 unspecified atom stereocenters. The van der Waals surface area contributed by atoms with Crippen LogP contribution in [-0.4, -0.2) is 24.0 Å². The smallest absolute Gasteiger partial charge is 0.191 e. The van der Waals surface area contributed by atoms with Crippen LogP contribution in [0.5, 0.6) is 0 Å². The van der Waals surface area contributed by atoms with Gasteiger partial charge in [0.05, 0.1) is 11.0 Å². The lowest BCUT2D eigenvalue weighted by atomic mass is 10.2. The van der Waals surface area contributed by atoms with E-state index in [1.54, 1.807) is 11.3 Å². The Morgan fingerprint density at radius 2 is 2.15 bits per heavy atom. The van der Waals surface area contributed by atoms with Crippen LogP contribution in [0.4, 0.5) is 0 Å². The number of fused-ring (bicyclic) bond motifs is 1. The SMILES string of the molecule is CCNC(=NCCc1ncc(C)s1)NC(C)c1cc2ccccc2o1.I. The predicted molar refractivity (Wildman–Crippen MR) is 120 cm³/mol. The summed E-state index contributed by atoms with van der Waals surface area (Å²) in [6.07, 6.45) is 2.77. The first-order valence-corrected chi connectivity index (χ1v) is 9.42. The van der Waals surface area contributed by atoms with E-state index in [0.717, 1.165) is 40.7 Å². The van der Waals surface area contributed by atoms with Gasteiger partial charge in [-0.3, -0.25) is 4.99 Å². The van der Waals surface area contributed by atoms with E-state index in [1.807, 2.05) is 24.4 Å². The van der Waals surface area contributed by atoms with Crippen LogP contribution in [0.3, 0.4) is 0 Å². The van der Waals surface area contributed by atoms with Gasteiger partial charge in [0.2, 0.25) is 0 Å². The van der Waals surface area contributed by atoms with Gasteiger partial charge in [0.1, 0.15) is 11.3 Å². The summed E-state index contributed by atoms with van der Waals surface area (Å²) < 4.78 is 5.93. The van der Waals surface area contributed by atoms with E-state index in [2.05, 4.69) is 53.5 Å². The molecule has 0 saturated carbocycles. The number of halogens is 1. The van der Waals surface area contributed by atoms with Gasteiger partial charge in [-0.2, -0.15) is 0 Å². The lowest BCUT2D eigenvalue weighted by molar-refractivity contribution is 0.488. The highest BCUT2D eigenvalue weighted by Crippen LogP contribution is 2.23. The van der Waals surface area contributed by atoms with Crippen LogP contribution in [0.25, 0.3) is 11.0 Å². The van der Waals surface area contributed by atoms with Gasteiger partial charge in [0, 0.05) is 36.0 Å². The Hall–Kier alpha value is -1.61. The Morgan fingerprint density at radius 1 is 1.35 bits per heavy atom. The molecule has 0 bridgehead atoms. The van der Waals surface area contributed by atoms with Gasteiger partial charge < -0.3 is 15.1 Å². The van der Waals surface area contributed by atoms with Crippen molar-refractivity contribution in [3.63, 3.8) is 0 Å². The molecule has 0 spiro atoms. The molecule has 26 heavy (non-hydrogen) atoms. The summed E-state index contributed by atoms with van der Waals surface area (Å²) in [5.41, 5.74) is 0.909. The molecular formula is C19H25IN4OS. The average molecular weight is 484 g/mol. The number of benzene rings is 1. The summed E-state index contributed by atoms with van der Waals surface area (Å²) in [7, 11) is 0. The lowest BCUT2D eigenvalue weighted by Crippen LogP contribution is -2.38. The second-order valence-electron chi connectivity index (χ2n) is 5.93. The quantitative estimate of drug-likeness (QED) is 0.303. The molecule has 0 aliphatic carbocycles. The molecule has 7 heteroatoms. The minimum Gasteiger partial charge on any atom is -0.459 e. The number of guanidine groups is 1. The fourth-order valence-electron chi connectivity index (χ4n) is 2.59. The average Bonchev–Trinajstić information content (AvgIpc) is 3.21. The number of aromatic nitrogens is 1. The third-order valence-corrected chi connectivity index (χ3v) is 4.81. The Labute approximate surface area is 175 Å². The van der Waals surface area contributed by atoms with Crippen molar-refractivity contribution in [2.24, 2.45) is 4.99 Å². The molecule has 0 saturated heterocycles. The molecule has 0 aliphatic rings. The van der Waals surface area contributed by atoms with Crippen LogP contribution >= 0.6 is 35.3 Å². The number of para-hydroxylation sites is 1. The van der Waals surface area contributed by atoms with Crippen LogP contribution < -0.4 is 10.6 Å². The maximum atomic E-state index is 5.93. The standard InChI is InChI=1S/C19H24N4OS.HI/c1-4-20-19(21-10-9-18-22-12-13(2)25-18)23-14(3)17-11-15-7-5-6-8-16(15)24-17;/h5-8,11-12,14H,4,9-10H2,1-3H3,(H2,20,21,23);1H. The highest BCUT2D eigenvalue weighted by atomic mass is 127. The molecule has 0 aliphatic heterocycles. The van der Waals surface area contributed by atoms with Crippen molar-refractivity contribution in [2.45, 2.75) is 33.2 Å². The van der Waals surface area contributed by atoms with E-state index >= 15 is 0 Å². The zero-order valence-corrected chi connectivity index (χ0v) is 18.4. The van der Waals surface area contributed by atoms with Gasteiger partial charge in [-0.25, -0.2) is 4.98 Å². The van der Waals surface area contributed by atoms with Gasteiger partial charge in [0.25, 0.3) is 0 Å². The molecule has 3 aromatic rings. The van der Waals surface area contributed by atoms with Crippen LogP contribution in [0.15, 0.2) is 45.9 Å². The van der Waals surface area contributed by atoms with Gasteiger partial charge in [-0.1, -0.05) is 18.2 Å². The largest absolute Gasteiger partial charge is 0.459 e. The molecular weight excluding hydrogens is 459 g/mol. The Kier molecular flexibility index (Phi) is 7.89. The minimum atomic E-state index is 0. The van der Waals surface area contributed by atoms with Crippen molar-refractivity contribution in [3.05, 3.63) is 52.2 Å². The molecule has 0 fully saturated rings. The summed E-state index contributed by atoms with van der Waals surface area (Å²) >= 11 is 1.73. The van der Waals surface area contributed by atoms with E-state index in [-0.39, 0.29) is 30.0 Å². The van der Waals surface area contributed by atoms with Crippen molar-refractivity contribution in [1.29, 1.82) is 0 Å². The number of aryl methyl sites for hydroxylation is 1. The van der Waals surface area contributed by atoms with Crippen LogP contribution in [-0.2, 0) is 6.42 Å². The highest BCUT2D eigenvalue weighted by Gasteiger charge is 2.13. The maximum absolute atomic E-state index is 5.93. The van der Waals surface area contributed by atoms with Crippen LogP contribution in [0.2, 0.25) is 0 Å². The number of aliphatic imine (C=N–C) groups is 1. The molecule has 0 radical (unpaired) electrons. The molecule has 1 aromatic carbocycles. The third-order valence-electron chi connectivity index (χ3n) is 3.83. The van der Waals surface area contributed by atoms with Crippen molar-refractivity contribution in [1.82, 2.24) is 15.6 Å². The van der Waals surface area contributed by atoms with Crippen LogP contribution in [0.1, 0.15) is 35.5 Å². The molecule has 2 aromatic heterocycles. The molecule has 0 amide bonds. The van der Waals surface area contributed by atoms with Gasteiger partial charge in [-0.05, 0) is 32.9 Å². The van der Waals surface area contributed by atoms with Crippen molar-refractivity contribution < 1.29 is 4.42 Å². The number of hydrogen-bond donors (Lipinski definition) is 2. The monoisotopic (exact) mass is 484 g/mol. The third kappa shape index (κ3) is 5.44. The molecule has 1 atom stereocenters. The zero-order chi connectivity index (χ0) is 17.6. The summed E-state index contributed by atoms with van der Waals surface area (Å²) in [6.45, 7) is 7.73. The zero-order valence-electron chi connectivity index (χ0n) is 15.3. The number of nitrogens with zero attached hydrogens (tertiary/aromatic N) is 2. The molecule has 140 valence electrons. The van der Waals surface area contributed by atoms with E-state index in [9.17, 15) is 0 Å². The summed E-state index contributed by atoms with van der Waals surface area (Å²) in [5.74, 6) is 1.70. The number of nitrogens with one attached hydrogen (secondary N) is 2. The Morgan fingerprint density at radius 3 is 2.85 bits per heavy atom.